The number of hydrogen-bond donors (Lipinski definition) is 2. The molecule has 4 nitrogen and oxygen atoms in total. The fourth-order valence-corrected chi connectivity index (χ4v) is 2.82. The number of rotatable bonds is 3. The van der Waals surface area contributed by atoms with Gasteiger partial charge >= 0.3 is 0 Å². The summed E-state index contributed by atoms with van der Waals surface area (Å²) in [6, 6.07) is 9.97. The summed E-state index contributed by atoms with van der Waals surface area (Å²) < 4.78 is 6.46. The molecule has 0 bridgehead atoms. The van der Waals surface area contributed by atoms with Gasteiger partial charge in [-0.25, -0.2) is 4.98 Å². The molecule has 2 aromatic carbocycles. The quantitative estimate of drug-likeness (QED) is 0.716. The summed E-state index contributed by atoms with van der Waals surface area (Å²) in [6.07, 6.45) is 0. The Morgan fingerprint density at radius 1 is 1.20 bits per heavy atom. The molecule has 0 aliphatic heterocycles. The Morgan fingerprint density at radius 2 is 2.05 bits per heavy atom. The summed E-state index contributed by atoms with van der Waals surface area (Å²) in [4.78, 5) is 4.30. The molecule has 0 atom stereocenters. The van der Waals surface area contributed by atoms with Gasteiger partial charge in [0.2, 0.25) is 0 Å². The van der Waals surface area contributed by atoms with Crippen molar-refractivity contribution in [3.8, 4) is 5.75 Å². The van der Waals surface area contributed by atoms with Crippen LogP contribution >= 0.6 is 11.3 Å². The molecule has 0 unspecified atom stereocenters. The lowest BCUT2D eigenvalue weighted by molar-refractivity contribution is 0.416. The smallest absolute Gasteiger partial charge is 0.142 e. The summed E-state index contributed by atoms with van der Waals surface area (Å²) in [5.41, 5.74) is 12.4. The van der Waals surface area contributed by atoms with Gasteiger partial charge in [0.05, 0.1) is 34.4 Å². The molecule has 0 saturated carbocycles. The molecular formula is C15H15N3OS. The molecule has 5 heteroatoms. The number of nitrogen functional groups attached to an aromatic ring is 1. The average Bonchev–Trinajstić information content (AvgIpc) is 2.91. The first-order valence-corrected chi connectivity index (χ1v) is 7.10. The van der Waals surface area contributed by atoms with Crippen LogP contribution in [0.25, 0.3) is 10.2 Å². The van der Waals surface area contributed by atoms with Crippen LogP contribution in [-0.4, -0.2) is 12.1 Å². The third-order valence-electron chi connectivity index (χ3n) is 3.17. The van der Waals surface area contributed by atoms with Gasteiger partial charge in [0.15, 0.2) is 0 Å². The Kier molecular flexibility index (Phi) is 3.20. The fraction of sp³-hybridized carbons (Fsp3) is 0.133. The molecule has 0 spiro atoms. The van der Waals surface area contributed by atoms with Crippen molar-refractivity contribution >= 4 is 38.6 Å². The van der Waals surface area contributed by atoms with Gasteiger partial charge in [-0.15, -0.1) is 11.3 Å². The van der Waals surface area contributed by atoms with Gasteiger partial charge in [-0.2, -0.15) is 0 Å². The van der Waals surface area contributed by atoms with E-state index in [4.69, 9.17) is 10.5 Å². The van der Waals surface area contributed by atoms with Gasteiger partial charge in [-0.3, -0.25) is 0 Å². The zero-order chi connectivity index (χ0) is 14.1. The summed E-state index contributed by atoms with van der Waals surface area (Å²) in [5, 5.41) is 3.33. The molecule has 0 radical (unpaired) electrons. The van der Waals surface area contributed by atoms with Crippen LogP contribution < -0.4 is 15.8 Å². The van der Waals surface area contributed by atoms with E-state index in [1.165, 1.54) is 0 Å². The van der Waals surface area contributed by atoms with Crippen molar-refractivity contribution in [2.75, 3.05) is 18.2 Å². The average molecular weight is 285 g/mol. The molecule has 1 aromatic heterocycles. The van der Waals surface area contributed by atoms with Crippen LogP contribution in [0, 0.1) is 6.92 Å². The fourth-order valence-electron chi connectivity index (χ4n) is 2.13. The molecule has 0 aliphatic rings. The van der Waals surface area contributed by atoms with Crippen LogP contribution in [0.5, 0.6) is 5.75 Å². The Hall–Kier alpha value is -2.27. The number of nitrogens with zero attached hydrogens (tertiary/aromatic N) is 1. The molecule has 3 rings (SSSR count). The number of aromatic nitrogens is 1. The van der Waals surface area contributed by atoms with Gasteiger partial charge in [-0.05, 0) is 36.8 Å². The van der Waals surface area contributed by atoms with Crippen molar-refractivity contribution in [2.24, 2.45) is 0 Å². The number of methoxy groups -OCH3 is 1. The Labute approximate surface area is 121 Å². The van der Waals surface area contributed by atoms with E-state index in [0.717, 1.165) is 32.9 Å². The molecule has 0 amide bonds. The number of ether oxygens (including phenoxy) is 1. The van der Waals surface area contributed by atoms with E-state index in [9.17, 15) is 0 Å². The third kappa shape index (κ3) is 2.16. The maximum Gasteiger partial charge on any atom is 0.142 e. The zero-order valence-electron chi connectivity index (χ0n) is 11.3. The first kappa shape index (κ1) is 12.7. The van der Waals surface area contributed by atoms with E-state index in [1.807, 2.05) is 37.3 Å². The summed E-state index contributed by atoms with van der Waals surface area (Å²) in [7, 11) is 1.66. The van der Waals surface area contributed by atoms with Gasteiger partial charge in [-0.1, -0.05) is 6.07 Å². The van der Waals surface area contributed by atoms with Crippen molar-refractivity contribution in [1.82, 2.24) is 4.98 Å². The van der Waals surface area contributed by atoms with Crippen molar-refractivity contribution in [1.29, 1.82) is 0 Å². The standard InChI is InChI=1S/C15H15N3OS/c1-9-3-5-12(19-2)11(7-9)18-10-4-6-13-15(14(10)16)17-8-20-13/h3-8,18H,16H2,1-2H3. The number of nitrogens with one attached hydrogen (secondary N) is 1. The number of hydrogen-bond acceptors (Lipinski definition) is 5. The lowest BCUT2D eigenvalue weighted by atomic mass is 10.2. The van der Waals surface area contributed by atoms with E-state index >= 15 is 0 Å². The van der Waals surface area contributed by atoms with E-state index in [2.05, 4.69) is 10.3 Å². The highest BCUT2D eigenvalue weighted by Gasteiger charge is 2.09. The highest BCUT2D eigenvalue weighted by Crippen LogP contribution is 2.35. The van der Waals surface area contributed by atoms with E-state index in [0.29, 0.717) is 5.69 Å². The Bertz CT molecular complexity index is 767. The molecule has 1 heterocycles. The summed E-state index contributed by atoms with van der Waals surface area (Å²) in [5.74, 6) is 0.786. The van der Waals surface area contributed by atoms with Crippen LogP contribution in [0.1, 0.15) is 5.56 Å². The van der Waals surface area contributed by atoms with Crippen molar-refractivity contribution in [3.63, 3.8) is 0 Å². The van der Waals surface area contributed by atoms with Gasteiger partial charge in [0.1, 0.15) is 11.3 Å². The second kappa shape index (κ2) is 5.02. The van der Waals surface area contributed by atoms with Gasteiger partial charge in [0.25, 0.3) is 0 Å². The molecule has 102 valence electrons. The van der Waals surface area contributed by atoms with Crippen LogP contribution in [0.4, 0.5) is 17.1 Å². The van der Waals surface area contributed by atoms with Crippen molar-refractivity contribution in [2.45, 2.75) is 6.92 Å². The normalized spacial score (nSPS) is 10.7. The van der Waals surface area contributed by atoms with Crippen LogP contribution in [0.3, 0.4) is 0 Å². The van der Waals surface area contributed by atoms with Crippen molar-refractivity contribution in [3.05, 3.63) is 41.4 Å². The predicted molar refractivity (Wildman–Crippen MR) is 85.0 cm³/mol. The van der Waals surface area contributed by atoms with Crippen LogP contribution in [0.2, 0.25) is 0 Å². The monoisotopic (exact) mass is 285 g/mol. The van der Waals surface area contributed by atoms with Crippen LogP contribution in [-0.2, 0) is 0 Å². The lowest BCUT2D eigenvalue weighted by Crippen LogP contribution is -1.99. The maximum absolute atomic E-state index is 6.18. The van der Waals surface area contributed by atoms with E-state index in [1.54, 1.807) is 24.0 Å². The first-order valence-electron chi connectivity index (χ1n) is 6.22. The molecule has 20 heavy (non-hydrogen) atoms. The van der Waals surface area contributed by atoms with Crippen molar-refractivity contribution < 1.29 is 4.74 Å². The van der Waals surface area contributed by atoms with Gasteiger partial charge in [0, 0.05) is 0 Å². The predicted octanol–water partition coefficient (Wildman–Crippen LogP) is 3.94. The minimum absolute atomic E-state index is 0.660. The Morgan fingerprint density at radius 3 is 2.85 bits per heavy atom. The topological polar surface area (TPSA) is 60.2 Å². The number of aryl methyl sites for hydroxylation is 1. The maximum atomic E-state index is 6.18. The third-order valence-corrected chi connectivity index (χ3v) is 3.96. The highest BCUT2D eigenvalue weighted by molar-refractivity contribution is 7.16. The Balaban J connectivity index is 2.04. The molecule has 0 fully saturated rings. The number of nitrogens with two attached hydrogens (primary N) is 1. The molecular weight excluding hydrogens is 270 g/mol. The van der Waals surface area contributed by atoms with E-state index in [-0.39, 0.29) is 0 Å². The molecule has 0 aliphatic carbocycles. The summed E-state index contributed by atoms with van der Waals surface area (Å²) in [6.45, 7) is 2.04. The number of fused-ring (bicyclic) bond motifs is 1. The first-order chi connectivity index (χ1) is 9.69. The second-order valence-electron chi connectivity index (χ2n) is 4.55. The minimum atomic E-state index is 0.660. The van der Waals surface area contributed by atoms with E-state index < -0.39 is 0 Å². The number of thiazole rings is 1. The molecule has 3 N–H and O–H groups in total. The molecule has 3 aromatic rings. The van der Waals surface area contributed by atoms with Crippen LogP contribution in [0.15, 0.2) is 35.8 Å². The lowest BCUT2D eigenvalue weighted by Gasteiger charge is -2.13. The highest BCUT2D eigenvalue weighted by atomic mass is 32.1. The second-order valence-corrected chi connectivity index (χ2v) is 5.44. The largest absolute Gasteiger partial charge is 0.495 e. The number of benzene rings is 2. The molecule has 0 saturated heterocycles. The zero-order valence-corrected chi connectivity index (χ0v) is 12.1. The minimum Gasteiger partial charge on any atom is -0.495 e. The SMILES string of the molecule is COc1ccc(C)cc1Nc1ccc2scnc2c1N. The van der Waals surface area contributed by atoms with Gasteiger partial charge < -0.3 is 15.8 Å². The summed E-state index contributed by atoms with van der Waals surface area (Å²) >= 11 is 1.58. The number of anilines is 3.